The quantitative estimate of drug-likeness (QED) is 0.570. The number of nitrogens with zero attached hydrogens (tertiary/aromatic N) is 3. The molecule has 0 aliphatic heterocycles. The number of amides is 2. The molecule has 0 aliphatic rings. The van der Waals surface area contributed by atoms with Crippen LogP contribution in [0, 0.1) is 0 Å². The second kappa shape index (κ2) is 9.35. The predicted octanol–water partition coefficient (Wildman–Crippen LogP) is 3.75. The smallest absolute Gasteiger partial charge is 0.321 e. The minimum Gasteiger partial charge on any atom is -0.445 e. The van der Waals surface area contributed by atoms with Crippen molar-refractivity contribution in [1.82, 2.24) is 20.3 Å². The first-order valence-corrected chi connectivity index (χ1v) is 10.00. The maximum atomic E-state index is 11.9. The lowest BCUT2D eigenvalue weighted by Crippen LogP contribution is -2.30. The first-order valence-electron chi connectivity index (χ1n) is 8.20. The number of thiazole rings is 1. The lowest BCUT2D eigenvalue weighted by atomic mass is 10.3. The summed E-state index contributed by atoms with van der Waals surface area (Å²) in [6, 6.07) is 5.46. The number of urea groups is 1. The molecule has 3 rings (SSSR count). The zero-order valence-electron chi connectivity index (χ0n) is 14.3. The molecule has 0 saturated carbocycles. The fourth-order valence-corrected chi connectivity index (χ4v) is 3.81. The molecule has 0 aromatic carbocycles. The van der Waals surface area contributed by atoms with Crippen molar-refractivity contribution in [2.45, 2.75) is 29.7 Å². The maximum Gasteiger partial charge on any atom is 0.321 e. The molecule has 3 aromatic rings. The number of anilines is 1. The molecule has 2 amide bonds. The van der Waals surface area contributed by atoms with E-state index < -0.39 is 0 Å². The molecule has 0 aliphatic carbocycles. The summed E-state index contributed by atoms with van der Waals surface area (Å²) in [5.41, 5.74) is 0.943. The predicted molar refractivity (Wildman–Crippen MR) is 103 cm³/mol. The summed E-state index contributed by atoms with van der Waals surface area (Å²) in [4.78, 5) is 24.6. The summed E-state index contributed by atoms with van der Waals surface area (Å²) in [5.74, 6) is 2.22. The highest BCUT2D eigenvalue weighted by molar-refractivity contribution is 8.00. The van der Waals surface area contributed by atoms with Gasteiger partial charge >= 0.3 is 6.03 Å². The van der Waals surface area contributed by atoms with Gasteiger partial charge in [0.2, 0.25) is 5.89 Å². The molecule has 3 aromatic heterocycles. The minimum absolute atomic E-state index is 0.271. The molecule has 0 bridgehead atoms. The van der Waals surface area contributed by atoms with Gasteiger partial charge in [0.25, 0.3) is 0 Å². The highest BCUT2D eigenvalue weighted by Gasteiger charge is 2.09. The molecule has 0 atom stereocenters. The third-order valence-corrected chi connectivity index (χ3v) is 5.48. The van der Waals surface area contributed by atoms with Crippen molar-refractivity contribution in [3.8, 4) is 0 Å². The number of nitrogens with one attached hydrogen (secondary N) is 2. The van der Waals surface area contributed by atoms with Crippen LogP contribution in [0.1, 0.15) is 24.3 Å². The summed E-state index contributed by atoms with van der Waals surface area (Å²) in [6.07, 6.45) is 6.75. The first kappa shape index (κ1) is 18.4. The van der Waals surface area contributed by atoms with Crippen molar-refractivity contribution in [2.24, 2.45) is 0 Å². The molecule has 0 spiro atoms. The molecular weight excluding hydrogens is 370 g/mol. The third-order valence-electron chi connectivity index (χ3n) is 3.39. The molecular formula is C17H19N5O2S2. The van der Waals surface area contributed by atoms with Gasteiger partial charge in [-0.15, -0.1) is 11.8 Å². The summed E-state index contributed by atoms with van der Waals surface area (Å²) < 4.78 is 6.56. The van der Waals surface area contributed by atoms with E-state index in [0.717, 1.165) is 22.1 Å². The molecule has 0 fully saturated rings. The van der Waals surface area contributed by atoms with Crippen molar-refractivity contribution in [3.05, 3.63) is 54.1 Å². The van der Waals surface area contributed by atoms with Gasteiger partial charge in [0.05, 0.1) is 22.4 Å². The number of pyridine rings is 1. The van der Waals surface area contributed by atoms with Crippen molar-refractivity contribution in [2.75, 3.05) is 11.9 Å². The second-order valence-electron chi connectivity index (χ2n) is 5.30. The van der Waals surface area contributed by atoms with Crippen molar-refractivity contribution in [1.29, 1.82) is 0 Å². The number of aryl methyl sites for hydroxylation is 1. The van der Waals surface area contributed by atoms with E-state index in [0.29, 0.717) is 29.7 Å². The van der Waals surface area contributed by atoms with Crippen LogP contribution < -0.4 is 10.6 Å². The lowest BCUT2D eigenvalue weighted by molar-refractivity contribution is 0.252. The van der Waals surface area contributed by atoms with Gasteiger partial charge < -0.3 is 9.73 Å². The van der Waals surface area contributed by atoms with Crippen LogP contribution in [0.15, 0.2) is 45.4 Å². The number of rotatable bonds is 8. The Labute approximate surface area is 159 Å². The van der Waals surface area contributed by atoms with E-state index in [1.165, 1.54) is 11.3 Å². The van der Waals surface area contributed by atoms with Gasteiger partial charge in [0.15, 0.2) is 5.13 Å². The molecule has 7 nitrogen and oxygen atoms in total. The second-order valence-corrected chi connectivity index (χ2v) is 7.61. The zero-order valence-corrected chi connectivity index (χ0v) is 15.9. The Hall–Kier alpha value is -2.39. The Morgan fingerprint density at radius 3 is 2.96 bits per heavy atom. The van der Waals surface area contributed by atoms with Crippen LogP contribution in [0.2, 0.25) is 0 Å². The van der Waals surface area contributed by atoms with Gasteiger partial charge in [0.1, 0.15) is 5.76 Å². The van der Waals surface area contributed by atoms with Crippen LogP contribution in [0.4, 0.5) is 9.93 Å². The monoisotopic (exact) mass is 389 g/mol. The molecule has 26 heavy (non-hydrogen) atoms. The van der Waals surface area contributed by atoms with Crippen LogP contribution in [-0.4, -0.2) is 27.5 Å². The van der Waals surface area contributed by atoms with Crippen LogP contribution in [0.3, 0.4) is 0 Å². The molecule has 0 unspecified atom stereocenters. The average molecular weight is 390 g/mol. The first-order chi connectivity index (χ1) is 12.7. The number of carbonyl (C=O) groups is 1. The standard InChI is InChI=1S/C17H19N5O2S2/c1-2-13-9-20-14(24-13)11-25-15-10-21-17(26-15)22-16(23)19-8-6-12-5-3-4-7-18-12/h3-5,7,9-10H,2,6,8,11H2,1H3,(H2,19,21,22,23). The van der Waals surface area contributed by atoms with Crippen molar-refractivity contribution < 1.29 is 9.21 Å². The van der Waals surface area contributed by atoms with E-state index in [2.05, 4.69) is 25.6 Å². The number of carbonyl (C=O) groups excluding carboxylic acids is 1. The molecule has 3 heterocycles. The number of hydrogen-bond acceptors (Lipinski definition) is 7. The highest BCUT2D eigenvalue weighted by atomic mass is 32.2. The topological polar surface area (TPSA) is 92.9 Å². The van der Waals surface area contributed by atoms with E-state index in [4.69, 9.17) is 4.42 Å². The summed E-state index contributed by atoms with van der Waals surface area (Å²) in [7, 11) is 0. The minimum atomic E-state index is -0.271. The van der Waals surface area contributed by atoms with Crippen LogP contribution in [0.5, 0.6) is 0 Å². The number of hydrogen-bond donors (Lipinski definition) is 2. The maximum absolute atomic E-state index is 11.9. The van der Waals surface area contributed by atoms with E-state index in [1.54, 1.807) is 30.4 Å². The SMILES string of the molecule is CCc1cnc(CSc2cnc(NC(=O)NCCc3ccccn3)s2)o1. The average Bonchev–Trinajstić information content (AvgIpc) is 3.30. The molecule has 0 radical (unpaired) electrons. The van der Waals surface area contributed by atoms with Gasteiger partial charge in [-0.05, 0) is 12.1 Å². The fraction of sp³-hybridized carbons (Fsp3) is 0.294. The Kier molecular flexibility index (Phi) is 6.62. The summed E-state index contributed by atoms with van der Waals surface area (Å²) in [6.45, 7) is 2.54. The van der Waals surface area contributed by atoms with E-state index in [9.17, 15) is 4.79 Å². The van der Waals surface area contributed by atoms with Gasteiger partial charge in [-0.1, -0.05) is 24.3 Å². The summed E-state index contributed by atoms with van der Waals surface area (Å²) in [5, 5.41) is 6.11. The number of oxazole rings is 1. The lowest BCUT2D eigenvalue weighted by Gasteiger charge is -2.04. The number of thioether (sulfide) groups is 1. The van der Waals surface area contributed by atoms with Gasteiger partial charge in [-0.25, -0.2) is 14.8 Å². The van der Waals surface area contributed by atoms with Gasteiger partial charge in [0, 0.05) is 31.3 Å². The van der Waals surface area contributed by atoms with E-state index in [1.807, 2.05) is 25.1 Å². The largest absolute Gasteiger partial charge is 0.445 e. The third kappa shape index (κ3) is 5.57. The number of aromatic nitrogens is 3. The Balaban J connectivity index is 1.40. The van der Waals surface area contributed by atoms with Crippen LogP contribution in [0.25, 0.3) is 0 Å². The molecule has 9 heteroatoms. The van der Waals surface area contributed by atoms with Crippen molar-refractivity contribution in [3.63, 3.8) is 0 Å². The van der Waals surface area contributed by atoms with Crippen LogP contribution >= 0.6 is 23.1 Å². The van der Waals surface area contributed by atoms with E-state index in [-0.39, 0.29) is 6.03 Å². The molecule has 136 valence electrons. The molecule has 0 saturated heterocycles. The van der Waals surface area contributed by atoms with Crippen LogP contribution in [-0.2, 0) is 18.6 Å². The fourth-order valence-electron chi connectivity index (χ4n) is 2.09. The highest BCUT2D eigenvalue weighted by Crippen LogP contribution is 2.30. The van der Waals surface area contributed by atoms with Gasteiger partial charge in [-0.2, -0.15) is 0 Å². The zero-order chi connectivity index (χ0) is 18.2. The van der Waals surface area contributed by atoms with Gasteiger partial charge in [-0.3, -0.25) is 10.3 Å². The Bertz CT molecular complexity index is 835. The van der Waals surface area contributed by atoms with E-state index >= 15 is 0 Å². The van der Waals surface area contributed by atoms with Crippen molar-refractivity contribution >= 4 is 34.3 Å². The summed E-state index contributed by atoms with van der Waals surface area (Å²) >= 11 is 3.00. The molecule has 2 N–H and O–H groups in total. The normalized spacial score (nSPS) is 10.7. The Morgan fingerprint density at radius 1 is 1.27 bits per heavy atom. The Morgan fingerprint density at radius 2 is 2.19 bits per heavy atom.